The van der Waals surface area contributed by atoms with E-state index in [1.54, 1.807) is 0 Å². The van der Waals surface area contributed by atoms with E-state index >= 15 is 0 Å². The first-order chi connectivity index (χ1) is 11.0. The number of rotatable bonds is 2. The minimum Gasteiger partial charge on any atom is -0.389 e. The van der Waals surface area contributed by atoms with E-state index in [9.17, 15) is 9.90 Å². The van der Waals surface area contributed by atoms with Gasteiger partial charge in [-0.25, -0.2) is 0 Å². The average molecular weight is 319 g/mol. The Morgan fingerprint density at radius 3 is 2.48 bits per heavy atom. The van der Waals surface area contributed by atoms with E-state index in [0.29, 0.717) is 5.41 Å². The van der Waals surface area contributed by atoms with Crippen LogP contribution in [-0.4, -0.2) is 17.5 Å². The first kappa shape index (κ1) is 16.1. The third-order valence-electron chi connectivity index (χ3n) is 9.13. The summed E-state index contributed by atoms with van der Waals surface area (Å²) in [5, 5.41) is 9.38. The van der Waals surface area contributed by atoms with Gasteiger partial charge < -0.3 is 5.11 Å². The van der Waals surface area contributed by atoms with Gasteiger partial charge in [-0.05, 0) is 85.9 Å². The molecule has 0 aromatic carbocycles. The van der Waals surface area contributed by atoms with Crippen LogP contribution in [0.1, 0.15) is 78.1 Å². The highest BCUT2D eigenvalue weighted by atomic mass is 16.3. The molecule has 7 atom stereocenters. The number of fused-ring (bicyclic) bond motifs is 5. The smallest absolute Gasteiger partial charge is 0.161 e. The number of hydrogen-bond acceptors (Lipinski definition) is 2. The maximum atomic E-state index is 12.3. The van der Waals surface area contributed by atoms with Gasteiger partial charge in [-0.2, -0.15) is 0 Å². The summed E-state index contributed by atoms with van der Waals surface area (Å²) in [6.07, 6.45) is 13.5. The molecule has 0 bridgehead atoms. The molecule has 0 saturated heterocycles. The number of Topliss-reactive ketones (excluding diaryl/α,β-unsaturated/α-hetero) is 1. The number of aliphatic hydroxyl groups is 1. The molecule has 0 aromatic rings. The molecular formula is C21H34O2. The quantitative estimate of drug-likeness (QED) is 0.808. The number of aliphatic hydroxyl groups excluding tert-OH is 1. The zero-order valence-corrected chi connectivity index (χ0v) is 15.0. The van der Waals surface area contributed by atoms with Crippen molar-refractivity contribution in [2.24, 2.45) is 40.4 Å². The number of carbonyl (C=O) groups excluding carboxylic acids is 1. The van der Waals surface area contributed by atoms with Crippen LogP contribution in [0.25, 0.3) is 0 Å². The van der Waals surface area contributed by atoms with Crippen LogP contribution in [0.5, 0.6) is 0 Å². The molecule has 23 heavy (non-hydrogen) atoms. The first-order valence-electron chi connectivity index (χ1n) is 10.1. The van der Waals surface area contributed by atoms with E-state index in [0.717, 1.165) is 30.1 Å². The highest BCUT2D eigenvalue weighted by molar-refractivity contribution is 5.83. The van der Waals surface area contributed by atoms with Gasteiger partial charge in [0, 0.05) is 5.92 Å². The predicted molar refractivity (Wildman–Crippen MR) is 91.9 cm³/mol. The van der Waals surface area contributed by atoms with Gasteiger partial charge in [0.2, 0.25) is 0 Å². The van der Waals surface area contributed by atoms with Crippen LogP contribution in [0.4, 0.5) is 0 Å². The van der Waals surface area contributed by atoms with E-state index in [1.807, 2.05) is 0 Å². The standard InChI is InChI=1S/C21H34O2/c1-20-11-4-3-5-14(20)6-7-15-16-8-9-18(19(23)13-22)21(16,2)12-10-17(15)20/h14-18,22H,3-13H2,1-2H3/t14-,15-,16-,17-,18+,20-,21-/m0/s1. The molecule has 1 N–H and O–H groups in total. The highest BCUT2D eigenvalue weighted by Crippen LogP contribution is 2.67. The fourth-order valence-electron chi connectivity index (χ4n) is 7.93. The van der Waals surface area contributed by atoms with Crippen LogP contribution >= 0.6 is 0 Å². The summed E-state index contributed by atoms with van der Waals surface area (Å²) >= 11 is 0. The minimum absolute atomic E-state index is 0.117. The summed E-state index contributed by atoms with van der Waals surface area (Å²) in [6, 6.07) is 0. The minimum atomic E-state index is -0.249. The van der Waals surface area contributed by atoms with Gasteiger partial charge in [0.15, 0.2) is 5.78 Å². The lowest BCUT2D eigenvalue weighted by atomic mass is 9.45. The van der Waals surface area contributed by atoms with Crippen LogP contribution < -0.4 is 0 Å². The molecule has 4 aliphatic carbocycles. The molecule has 0 aromatic heterocycles. The summed E-state index contributed by atoms with van der Waals surface area (Å²) in [6.45, 7) is 4.75. The average Bonchev–Trinajstić information content (AvgIpc) is 2.91. The van der Waals surface area contributed by atoms with Crippen molar-refractivity contribution in [1.29, 1.82) is 0 Å². The third kappa shape index (κ3) is 2.19. The molecule has 0 amide bonds. The molecule has 130 valence electrons. The first-order valence-corrected chi connectivity index (χ1v) is 10.1. The highest BCUT2D eigenvalue weighted by Gasteiger charge is 2.60. The van der Waals surface area contributed by atoms with E-state index in [1.165, 1.54) is 57.8 Å². The Labute approximate surface area is 141 Å². The monoisotopic (exact) mass is 318 g/mol. The molecule has 2 nitrogen and oxygen atoms in total. The van der Waals surface area contributed by atoms with Crippen LogP contribution in [0.3, 0.4) is 0 Å². The van der Waals surface area contributed by atoms with Crippen molar-refractivity contribution >= 4 is 5.78 Å². The van der Waals surface area contributed by atoms with E-state index < -0.39 is 0 Å². The molecule has 4 fully saturated rings. The lowest BCUT2D eigenvalue weighted by molar-refractivity contribution is -0.137. The Morgan fingerprint density at radius 1 is 0.913 bits per heavy atom. The van der Waals surface area contributed by atoms with Gasteiger partial charge in [-0.3, -0.25) is 4.79 Å². The summed E-state index contributed by atoms with van der Waals surface area (Å²) in [7, 11) is 0. The summed E-state index contributed by atoms with van der Waals surface area (Å²) in [5.41, 5.74) is 0.764. The topological polar surface area (TPSA) is 37.3 Å². The second-order valence-corrected chi connectivity index (χ2v) is 9.70. The molecule has 0 heterocycles. The van der Waals surface area contributed by atoms with Crippen LogP contribution in [-0.2, 0) is 4.79 Å². The lowest BCUT2D eigenvalue weighted by Crippen LogP contribution is -2.53. The molecule has 0 unspecified atom stereocenters. The second kappa shape index (κ2) is 5.58. The maximum Gasteiger partial charge on any atom is 0.161 e. The van der Waals surface area contributed by atoms with Crippen LogP contribution in [0.15, 0.2) is 0 Å². The Kier molecular flexibility index (Phi) is 3.91. The van der Waals surface area contributed by atoms with Gasteiger partial charge in [0.05, 0.1) is 0 Å². The van der Waals surface area contributed by atoms with E-state index in [4.69, 9.17) is 0 Å². The fraction of sp³-hybridized carbons (Fsp3) is 0.952. The Balaban J connectivity index is 1.61. The largest absolute Gasteiger partial charge is 0.389 e. The Morgan fingerprint density at radius 2 is 1.70 bits per heavy atom. The third-order valence-corrected chi connectivity index (χ3v) is 9.13. The van der Waals surface area contributed by atoms with Crippen molar-refractivity contribution in [2.75, 3.05) is 6.61 Å². The summed E-state index contributed by atoms with van der Waals surface area (Å²) in [4.78, 5) is 12.3. The number of carbonyl (C=O) groups is 1. The van der Waals surface area contributed by atoms with Crippen molar-refractivity contribution in [3.05, 3.63) is 0 Å². The molecule has 0 radical (unpaired) electrons. The molecule has 4 saturated carbocycles. The molecule has 0 aliphatic heterocycles. The fourth-order valence-corrected chi connectivity index (χ4v) is 7.93. The van der Waals surface area contributed by atoms with Gasteiger partial charge in [0.1, 0.15) is 6.61 Å². The molecule has 0 spiro atoms. The SMILES string of the molecule is C[C@]12CCCC[C@H]1CC[C@@H]1[C@@H]2CC[C@]2(C)[C@@H](C(=O)CO)CC[C@@H]12. The molecule has 4 rings (SSSR count). The zero-order chi connectivity index (χ0) is 16.2. The van der Waals surface area contributed by atoms with Crippen LogP contribution in [0.2, 0.25) is 0 Å². The van der Waals surface area contributed by atoms with Crippen molar-refractivity contribution in [3.8, 4) is 0 Å². The Hall–Kier alpha value is -0.370. The zero-order valence-electron chi connectivity index (χ0n) is 15.0. The van der Waals surface area contributed by atoms with Crippen molar-refractivity contribution in [2.45, 2.75) is 78.1 Å². The van der Waals surface area contributed by atoms with Crippen molar-refractivity contribution in [1.82, 2.24) is 0 Å². The van der Waals surface area contributed by atoms with Gasteiger partial charge in [-0.15, -0.1) is 0 Å². The molecule has 2 heteroatoms. The number of hydrogen-bond donors (Lipinski definition) is 1. The lowest BCUT2D eigenvalue weighted by Gasteiger charge is -2.60. The Bertz CT molecular complexity index is 486. The maximum absolute atomic E-state index is 12.3. The second-order valence-electron chi connectivity index (χ2n) is 9.70. The van der Waals surface area contributed by atoms with Gasteiger partial charge in [0.25, 0.3) is 0 Å². The van der Waals surface area contributed by atoms with Crippen LogP contribution in [0, 0.1) is 40.4 Å². The van der Waals surface area contributed by atoms with Gasteiger partial charge >= 0.3 is 0 Å². The summed E-state index contributed by atoms with van der Waals surface area (Å²) < 4.78 is 0. The molecule has 4 aliphatic rings. The predicted octanol–water partition coefficient (Wildman–Crippen LogP) is 4.60. The van der Waals surface area contributed by atoms with E-state index in [2.05, 4.69) is 13.8 Å². The number of ketones is 1. The molecular weight excluding hydrogens is 284 g/mol. The summed E-state index contributed by atoms with van der Waals surface area (Å²) in [5.74, 6) is 3.72. The van der Waals surface area contributed by atoms with Gasteiger partial charge in [-0.1, -0.05) is 26.7 Å². The van der Waals surface area contributed by atoms with E-state index in [-0.39, 0.29) is 23.7 Å². The van der Waals surface area contributed by atoms with Crippen molar-refractivity contribution in [3.63, 3.8) is 0 Å². The van der Waals surface area contributed by atoms with Crippen molar-refractivity contribution < 1.29 is 9.90 Å². The normalized spacial score (nSPS) is 52.4.